The summed E-state index contributed by atoms with van der Waals surface area (Å²) in [4.78, 5) is 27.1. The number of rotatable bonds is 4. The topological polar surface area (TPSA) is 59.2 Å². The fraction of sp³-hybridized carbons (Fsp3) is 0.0526. The highest BCUT2D eigenvalue weighted by Gasteiger charge is 2.04. The minimum atomic E-state index is -0.200. The fourth-order valence-corrected chi connectivity index (χ4v) is 3.09. The molecule has 0 saturated carbocycles. The minimum Gasteiger partial charge on any atom is -0.497 e. The molecule has 1 aromatic heterocycles. The molecule has 0 amide bonds. The number of thiazole rings is 1. The van der Waals surface area contributed by atoms with E-state index in [0.29, 0.717) is 20.5 Å². The summed E-state index contributed by atoms with van der Waals surface area (Å²) in [6.45, 7) is 0. The lowest BCUT2D eigenvalue weighted by atomic mass is 10.1. The van der Waals surface area contributed by atoms with Crippen LogP contribution in [0, 0.1) is 0 Å². The Morgan fingerprint density at radius 3 is 2.67 bits per heavy atom. The molecule has 24 heavy (non-hydrogen) atoms. The van der Waals surface area contributed by atoms with Crippen molar-refractivity contribution in [3.05, 3.63) is 85.3 Å². The van der Waals surface area contributed by atoms with Crippen molar-refractivity contribution in [1.29, 1.82) is 0 Å². The Morgan fingerprint density at radius 1 is 1.12 bits per heavy atom. The lowest BCUT2D eigenvalue weighted by Gasteiger charge is -2.00. The van der Waals surface area contributed by atoms with Gasteiger partial charge in [0.2, 0.25) is 0 Å². The molecule has 4 nitrogen and oxygen atoms in total. The molecule has 0 aliphatic carbocycles. The molecule has 0 aliphatic heterocycles. The Hall–Kier alpha value is -2.92. The smallest absolute Gasteiger partial charge is 0.266 e. The van der Waals surface area contributed by atoms with Crippen molar-refractivity contribution in [3.63, 3.8) is 0 Å². The maximum atomic E-state index is 12.3. The normalized spacial score (nSPS) is 12.4. The summed E-state index contributed by atoms with van der Waals surface area (Å²) in [5, 5.41) is 0. The van der Waals surface area contributed by atoms with Crippen molar-refractivity contribution < 1.29 is 9.53 Å². The summed E-state index contributed by atoms with van der Waals surface area (Å²) in [7, 11) is 1.55. The van der Waals surface area contributed by atoms with Crippen molar-refractivity contribution in [1.82, 2.24) is 4.98 Å². The van der Waals surface area contributed by atoms with Gasteiger partial charge in [0, 0.05) is 11.6 Å². The number of hydrogen-bond acceptors (Lipinski definition) is 4. The second kappa shape index (κ2) is 7.10. The molecule has 3 aromatic rings. The van der Waals surface area contributed by atoms with Crippen LogP contribution < -0.4 is 19.5 Å². The van der Waals surface area contributed by atoms with E-state index < -0.39 is 0 Å². The van der Waals surface area contributed by atoms with Crippen LogP contribution in [0.3, 0.4) is 0 Å². The predicted octanol–water partition coefficient (Wildman–Crippen LogP) is 1.94. The highest BCUT2D eigenvalue weighted by Crippen LogP contribution is 2.13. The minimum absolute atomic E-state index is 0.183. The zero-order valence-electron chi connectivity index (χ0n) is 13.0. The third-order valence-electron chi connectivity index (χ3n) is 3.39. The number of nitrogens with one attached hydrogen (secondary N) is 1. The first-order valence-electron chi connectivity index (χ1n) is 7.32. The van der Waals surface area contributed by atoms with Gasteiger partial charge in [0.1, 0.15) is 5.75 Å². The zero-order valence-corrected chi connectivity index (χ0v) is 13.8. The number of aromatic amines is 1. The van der Waals surface area contributed by atoms with Gasteiger partial charge in [-0.15, -0.1) is 11.3 Å². The van der Waals surface area contributed by atoms with Crippen LogP contribution in [-0.4, -0.2) is 17.9 Å². The van der Waals surface area contributed by atoms with E-state index in [1.807, 2.05) is 30.3 Å². The summed E-state index contributed by atoms with van der Waals surface area (Å²) in [6, 6.07) is 16.5. The molecule has 0 aliphatic rings. The van der Waals surface area contributed by atoms with E-state index in [0.717, 1.165) is 5.56 Å². The van der Waals surface area contributed by atoms with Gasteiger partial charge in [-0.25, -0.2) is 0 Å². The van der Waals surface area contributed by atoms with Crippen LogP contribution in [0.15, 0.2) is 59.4 Å². The largest absolute Gasteiger partial charge is 0.497 e. The van der Waals surface area contributed by atoms with Crippen LogP contribution in [0.25, 0.3) is 12.2 Å². The third kappa shape index (κ3) is 3.70. The first kappa shape index (κ1) is 16.0. The average Bonchev–Trinajstić information content (AvgIpc) is 2.95. The highest BCUT2D eigenvalue weighted by molar-refractivity contribution is 7.07. The molecule has 3 rings (SSSR count). The molecule has 120 valence electrons. The fourth-order valence-electron chi connectivity index (χ4n) is 2.20. The third-order valence-corrected chi connectivity index (χ3v) is 4.36. The van der Waals surface area contributed by atoms with Gasteiger partial charge < -0.3 is 9.72 Å². The predicted molar refractivity (Wildman–Crippen MR) is 96.0 cm³/mol. The second-order valence-electron chi connectivity index (χ2n) is 5.08. The van der Waals surface area contributed by atoms with Gasteiger partial charge in [-0.2, -0.15) is 0 Å². The van der Waals surface area contributed by atoms with Gasteiger partial charge in [-0.05, 0) is 23.8 Å². The number of Topliss-reactive ketones (excluding diaryl/α,β-unsaturated/α-hetero) is 1. The van der Waals surface area contributed by atoms with E-state index in [4.69, 9.17) is 4.74 Å². The lowest BCUT2D eigenvalue weighted by molar-refractivity contribution is 0.106. The van der Waals surface area contributed by atoms with E-state index >= 15 is 0 Å². The molecule has 0 bridgehead atoms. The van der Waals surface area contributed by atoms with Crippen LogP contribution in [0.1, 0.15) is 15.9 Å². The SMILES string of the molecule is COc1cccc(C(=O)C=c2[nH]c(=O)c(=Cc3ccccc3)s2)c1. The zero-order chi connectivity index (χ0) is 16.9. The Kier molecular flexibility index (Phi) is 4.72. The van der Waals surface area contributed by atoms with Crippen molar-refractivity contribution >= 4 is 29.3 Å². The summed E-state index contributed by atoms with van der Waals surface area (Å²) in [6.07, 6.45) is 3.24. The lowest BCUT2D eigenvalue weighted by Crippen LogP contribution is -2.19. The molecule has 0 saturated heterocycles. The number of ether oxygens (including phenoxy) is 1. The number of ketones is 1. The Morgan fingerprint density at radius 2 is 1.92 bits per heavy atom. The number of hydrogen-bond donors (Lipinski definition) is 1. The first-order chi connectivity index (χ1) is 11.7. The Bertz CT molecular complexity index is 1030. The highest BCUT2D eigenvalue weighted by atomic mass is 32.1. The van der Waals surface area contributed by atoms with Crippen molar-refractivity contribution in [2.45, 2.75) is 0 Å². The summed E-state index contributed by atoms with van der Waals surface area (Å²) < 4.78 is 6.20. The van der Waals surface area contributed by atoms with E-state index in [1.165, 1.54) is 17.4 Å². The number of benzene rings is 2. The van der Waals surface area contributed by atoms with E-state index in [2.05, 4.69) is 4.98 Å². The molecule has 0 fully saturated rings. The summed E-state index contributed by atoms with van der Waals surface area (Å²) >= 11 is 1.26. The average molecular weight is 337 g/mol. The van der Waals surface area contributed by atoms with Gasteiger partial charge in [-0.1, -0.05) is 42.5 Å². The van der Waals surface area contributed by atoms with Crippen LogP contribution in [0.4, 0.5) is 0 Å². The van der Waals surface area contributed by atoms with Gasteiger partial charge in [0.15, 0.2) is 5.78 Å². The number of carbonyl (C=O) groups excluding carboxylic acids is 1. The van der Waals surface area contributed by atoms with Gasteiger partial charge in [0.25, 0.3) is 5.56 Å². The maximum Gasteiger partial charge on any atom is 0.266 e. The summed E-state index contributed by atoms with van der Waals surface area (Å²) in [5.41, 5.74) is 1.25. The van der Waals surface area contributed by atoms with E-state index in [1.54, 1.807) is 37.5 Å². The van der Waals surface area contributed by atoms with Gasteiger partial charge in [0.05, 0.1) is 16.3 Å². The summed E-state index contributed by atoms with van der Waals surface area (Å²) in [5.74, 6) is 0.435. The standard InChI is InChI=1S/C19H15NO3S/c1-23-15-9-5-8-14(11-15)16(21)12-18-20-19(22)17(24-18)10-13-6-3-2-4-7-13/h2-12H,1H3,(H,20,22). The molecule has 2 aromatic carbocycles. The quantitative estimate of drug-likeness (QED) is 0.740. The van der Waals surface area contributed by atoms with Crippen LogP contribution in [0.5, 0.6) is 5.75 Å². The number of aromatic nitrogens is 1. The van der Waals surface area contributed by atoms with Crippen LogP contribution >= 0.6 is 11.3 Å². The molecule has 0 unspecified atom stereocenters. The van der Waals surface area contributed by atoms with Gasteiger partial charge >= 0.3 is 0 Å². The van der Waals surface area contributed by atoms with E-state index in [-0.39, 0.29) is 11.3 Å². The van der Waals surface area contributed by atoms with E-state index in [9.17, 15) is 9.59 Å². The van der Waals surface area contributed by atoms with Crippen molar-refractivity contribution in [3.8, 4) is 5.75 Å². The number of H-pyrrole nitrogens is 1. The Labute approximate surface area is 142 Å². The first-order valence-corrected chi connectivity index (χ1v) is 8.13. The van der Waals surface area contributed by atoms with Crippen molar-refractivity contribution in [2.24, 2.45) is 0 Å². The Balaban J connectivity index is 1.97. The molecule has 0 atom stereocenters. The van der Waals surface area contributed by atoms with Crippen LogP contribution in [0.2, 0.25) is 0 Å². The molecule has 1 heterocycles. The number of carbonyl (C=O) groups is 1. The molecular formula is C19H15NO3S. The molecular weight excluding hydrogens is 322 g/mol. The molecule has 0 radical (unpaired) electrons. The monoisotopic (exact) mass is 337 g/mol. The molecule has 1 N–H and O–H groups in total. The van der Waals surface area contributed by atoms with Crippen LogP contribution in [-0.2, 0) is 0 Å². The van der Waals surface area contributed by atoms with Gasteiger partial charge in [-0.3, -0.25) is 9.59 Å². The number of methoxy groups -OCH3 is 1. The second-order valence-corrected chi connectivity index (χ2v) is 6.16. The maximum absolute atomic E-state index is 12.3. The molecule has 0 spiro atoms. The molecule has 5 heteroatoms. The van der Waals surface area contributed by atoms with Crippen molar-refractivity contribution in [2.75, 3.05) is 7.11 Å².